The lowest BCUT2D eigenvalue weighted by Crippen LogP contribution is -2.27. The number of methoxy groups -OCH3 is 1. The minimum absolute atomic E-state index is 0.161. The maximum Gasteiger partial charge on any atom is 0.127 e. The van der Waals surface area contributed by atoms with E-state index in [0.717, 1.165) is 16.9 Å². The van der Waals surface area contributed by atoms with Gasteiger partial charge < -0.3 is 15.8 Å². The average Bonchev–Trinajstić information content (AvgIpc) is 2.18. The summed E-state index contributed by atoms with van der Waals surface area (Å²) < 4.78 is 5.20. The molecule has 1 atom stereocenters. The van der Waals surface area contributed by atoms with Gasteiger partial charge in [0.25, 0.3) is 0 Å². The van der Waals surface area contributed by atoms with E-state index in [-0.39, 0.29) is 6.17 Å². The van der Waals surface area contributed by atoms with Gasteiger partial charge in [-0.25, -0.2) is 0 Å². The lowest BCUT2D eigenvalue weighted by atomic mass is 10.0. The zero-order chi connectivity index (χ0) is 9.26. The van der Waals surface area contributed by atoms with Gasteiger partial charge in [-0.15, -0.1) is 0 Å². The van der Waals surface area contributed by atoms with Crippen LogP contribution in [0.4, 0.5) is 0 Å². The highest BCUT2D eigenvalue weighted by Crippen LogP contribution is 2.28. The molecule has 1 unspecified atom stereocenters. The molecular weight excluding hydrogens is 164 g/mol. The largest absolute Gasteiger partial charge is 0.496 e. The van der Waals surface area contributed by atoms with Gasteiger partial charge in [-0.05, 0) is 30.5 Å². The Balaban J connectivity index is 2.56. The molecule has 1 radical (unpaired) electrons. The minimum atomic E-state index is -0.161. The van der Waals surface area contributed by atoms with E-state index < -0.39 is 0 Å². The molecule has 1 aromatic carbocycles. The van der Waals surface area contributed by atoms with Crippen LogP contribution < -0.4 is 15.8 Å². The summed E-state index contributed by atoms with van der Waals surface area (Å²) in [6.07, 6.45) is 3.62. The van der Waals surface area contributed by atoms with Crippen LogP contribution in [0.2, 0.25) is 0 Å². The number of nitrogens with one attached hydrogen (secondary N) is 1. The van der Waals surface area contributed by atoms with Crippen LogP contribution in [0, 0.1) is 6.07 Å². The fourth-order valence-electron chi connectivity index (χ4n) is 1.43. The summed E-state index contributed by atoms with van der Waals surface area (Å²) >= 11 is 0. The summed E-state index contributed by atoms with van der Waals surface area (Å²) in [4.78, 5) is 0. The van der Waals surface area contributed by atoms with Crippen molar-refractivity contribution < 1.29 is 4.74 Å². The molecule has 3 N–H and O–H groups in total. The summed E-state index contributed by atoms with van der Waals surface area (Å²) in [5.41, 5.74) is 7.88. The maximum absolute atomic E-state index is 5.83. The predicted molar refractivity (Wildman–Crippen MR) is 50.9 cm³/mol. The molecule has 0 spiro atoms. The predicted octanol–water partition coefficient (Wildman–Crippen LogP) is 1.03. The van der Waals surface area contributed by atoms with E-state index in [1.54, 1.807) is 13.2 Å². The number of hydrogen-bond donors (Lipinski definition) is 2. The van der Waals surface area contributed by atoms with E-state index in [1.165, 1.54) is 0 Å². The van der Waals surface area contributed by atoms with Crippen molar-refractivity contribution in [1.82, 2.24) is 5.32 Å². The highest BCUT2D eigenvalue weighted by Gasteiger charge is 2.14. The van der Waals surface area contributed by atoms with Gasteiger partial charge in [0, 0.05) is 11.1 Å². The normalized spacial score (nSPS) is 19.1. The van der Waals surface area contributed by atoms with Crippen LogP contribution in [0.25, 0.3) is 6.08 Å². The molecule has 0 aromatic heterocycles. The molecule has 13 heavy (non-hydrogen) atoms. The summed E-state index contributed by atoms with van der Waals surface area (Å²) in [6.45, 7) is 0. The number of fused-ring (bicyclic) bond motifs is 1. The van der Waals surface area contributed by atoms with E-state index >= 15 is 0 Å². The van der Waals surface area contributed by atoms with Gasteiger partial charge in [0.1, 0.15) is 11.9 Å². The number of hydrogen-bond acceptors (Lipinski definition) is 3. The number of benzene rings is 1. The standard InChI is InChI=1S/C10H11N2O/c1-13-9-4-2-3-8-7(9)5-6-12-10(8)11/h3-6,10,12H,11H2,1H3. The highest BCUT2D eigenvalue weighted by atomic mass is 16.5. The van der Waals surface area contributed by atoms with Crippen molar-refractivity contribution in [3.05, 3.63) is 35.5 Å². The third kappa shape index (κ3) is 1.27. The number of nitrogens with two attached hydrogens (primary N) is 1. The van der Waals surface area contributed by atoms with Crippen molar-refractivity contribution in [1.29, 1.82) is 0 Å². The Kier molecular flexibility index (Phi) is 1.94. The van der Waals surface area contributed by atoms with Gasteiger partial charge in [-0.3, -0.25) is 0 Å². The molecule has 3 nitrogen and oxygen atoms in total. The fraction of sp³-hybridized carbons (Fsp3) is 0.200. The second-order valence-electron chi connectivity index (χ2n) is 2.87. The van der Waals surface area contributed by atoms with E-state index in [0.29, 0.717) is 0 Å². The zero-order valence-corrected chi connectivity index (χ0v) is 7.37. The third-order valence-corrected chi connectivity index (χ3v) is 2.11. The first-order valence-corrected chi connectivity index (χ1v) is 4.09. The molecule has 0 aliphatic carbocycles. The Hall–Kier alpha value is -1.48. The number of ether oxygens (including phenoxy) is 1. The van der Waals surface area contributed by atoms with Crippen LogP contribution >= 0.6 is 0 Å². The number of rotatable bonds is 1. The lowest BCUT2D eigenvalue weighted by molar-refractivity contribution is 0.412. The summed E-state index contributed by atoms with van der Waals surface area (Å²) in [5, 5.41) is 3.01. The van der Waals surface area contributed by atoms with E-state index in [9.17, 15) is 0 Å². The van der Waals surface area contributed by atoms with Gasteiger partial charge in [0.2, 0.25) is 0 Å². The smallest absolute Gasteiger partial charge is 0.127 e. The molecule has 0 saturated heterocycles. The van der Waals surface area contributed by atoms with E-state index in [1.807, 2.05) is 18.3 Å². The van der Waals surface area contributed by atoms with Crippen LogP contribution in [-0.2, 0) is 0 Å². The molecule has 1 aliphatic rings. The monoisotopic (exact) mass is 175 g/mol. The second kappa shape index (κ2) is 3.11. The average molecular weight is 175 g/mol. The van der Waals surface area contributed by atoms with Gasteiger partial charge in [0.15, 0.2) is 0 Å². The van der Waals surface area contributed by atoms with Gasteiger partial charge in [0.05, 0.1) is 7.11 Å². The SMILES string of the molecule is COc1c[c]cc2c1C=CNC2N. The van der Waals surface area contributed by atoms with Crippen molar-refractivity contribution in [3.8, 4) is 5.75 Å². The van der Waals surface area contributed by atoms with Crippen molar-refractivity contribution in [2.24, 2.45) is 5.73 Å². The Morgan fingerprint density at radius 2 is 2.38 bits per heavy atom. The van der Waals surface area contributed by atoms with Crippen LogP contribution in [0.15, 0.2) is 18.3 Å². The summed E-state index contributed by atoms with van der Waals surface area (Å²) in [7, 11) is 1.64. The molecule has 0 saturated carbocycles. The summed E-state index contributed by atoms with van der Waals surface area (Å²) in [5.74, 6) is 0.811. The van der Waals surface area contributed by atoms with Crippen molar-refractivity contribution >= 4 is 6.08 Å². The van der Waals surface area contributed by atoms with Crippen molar-refractivity contribution in [2.75, 3.05) is 7.11 Å². The van der Waals surface area contributed by atoms with E-state index in [4.69, 9.17) is 10.5 Å². The van der Waals surface area contributed by atoms with Gasteiger partial charge in [-0.2, -0.15) is 0 Å². The molecule has 0 amide bonds. The Labute approximate surface area is 77.2 Å². The van der Waals surface area contributed by atoms with Crippen molar-refractivity contribution in [3.63, 3.8) is 0 Å². The van der Waals surface area contributed by atoms with Crippen molar-refractivity contribution in [2.45, 2.75) is 6.17 Å². The molecule has 67 valence electrons. The van der Waals surface area contributed by atoms with Crippen LogP contribution in [0.1, 0.15) is 17.3 Å². The topological polar surface area (TPSA) is 47.3 Å². The molecule has 0 fully saturated rings. The van der Waals surface area contributed by atoms with Crippen LogP contribution in [0.3, 0.4) is 0 Å². The van der Waals surface area contributed by atoms with E-state index in [2.05, 4.69) is 11.4 Å². The molecule has 0 bridgehead atoms. The molecule has 1 aliphatic heterocycles. The second-order valence-corrected chi connectivity index (χ2v) is 2.87. The minimum Gasteiger partial charge on any atom is -0.496 e. The maximum atomic E-state index is 5.83. The molecule has 2 rings (SSSR count). The lowest BCUT2D eigenvalue weighted by Gasteiger charge is -2.20. The zero-order valence-electron chi connectivity index (χ0n) is 7.37. The highest BCUT2D eigenvalue weighted by molar-refractivity contribution is 5.63. The Morgan fingerprint density at radius 3 is 3.15 bits per heavy atom. The Morgan fingerprint density at radius 1 is 1.54 bits per heavy atom. The molecule has 1 aromatic rings. The summed E-state index contributed by atoms with van der Waals surface area (Å²) in [6, 6.07) is 6.67. The molecule has 1 heterocycles. The Bertz CT molecular complexity index is 347. The fourth-order valence-corrected chi connectivity index (χ4v) is 1.43. The first-order valence-electron chi connectivity index (χ1n) is 4.09. The first kappa shape index (κ1) is 8.13. The van der Waals surface area contributed by atoms with Crippen LogP contribution in [-0.4, -0.2) is 7.11 Å². The van der Waals surface area contributed by atoms with Gasteiger partial charge in [-0.1, -0.05) is 0 Å². The van der Waals surface area contributed by atoms with Gasteiger partial charge >= 0.3 is 0 Å². The molecule has 3 heteroatoms. The first-order chi connectivity index (χ1) is 6.33. The quantitative estimate of drug-likeness (QED) is 0.670. The molecular formula is C10H11N2O. The van der Waals surface area contributed by atoms with Crippen LogP contribution in [0.5, 0.6) is 5.75 Å². The third-order valence-electron chi connectivity index (χ3n) is 2.11.